The summed E-state index contributed by atoms with van der Waals surface area (Å²) in [5.74, 6) is 1.58. The van der Waals surface area contributed by atoms with E-state index in [2.05, 4.69) is 47.5 Å². The highest BCUT2D eigenvalue weighted by Crippen LogP contribution is 2.19. The van der Waals surface area contributed by atoms with E-state index in [-0.39, 0.29) is 12.5 Å². The Hall–Kier alpha value is -3.15. The van der Waals surface area contributed by atoms with Crippen molar-refractivity contribution < 1.29 is 14.1 Å². The van der Waals surface area contributed by atoms with Gasteiger partial charge in [-0.3, -0.25) is 4.79 Å². The maximum absolute atomic E-state index is 12.1. The average molecular weight is 365 g/mol. The van der Waals surface area contributed by atoms with E-state index in [1.54, 1.807) is 7.11 Å². The van der Waals surface area contributed by atoms with Crippen molar-refractivity contribution in [2.45, 2.75) is 33.2 Å². The lowest BCUT2D eigenvalue weighted by Crippen LogP contribution is -2.23. The Morgan fingerprint density at radius 1 is 1.11 bits per heavy atom. The zero-order valence-corrected chi connectivity index (χ0v) is 15.8. The molecule has 0 atom stereocenters. The third-order valence-electron chi connectivity index (χ3n) is 4.47. The third-order valence-corrected chi connectivity index (χ3v) is 4.47. The van der Waals surface area contributed by atoms with E-state index in [0.717, 1.165) is 16.9 Å². The van der Waals surface area contributed by atoms with Crippen LogP contribution < -0.4 is 10.1 Å². The van der Waals surface area contributed by atoms with Crippen LogP contribution in [0.2, 0.25) is 0 Å². The minimum absolute atomic E-state index is 0.0441. The summed E-state index contributed by atoms with van der Waals surface area (Å²) in [5.41, 5.74) is 4.48. The maximum atomic E-state index is 12.1. The number of benzene rings is 2. The molecular weight excluding hydrogens is 342 g/mol. The molecule has 0 aliphatic heterocycles. The Bertz CT molecular complexity index is 917. The van der Waals surface area contributed by atoms with Crippen molar-refractivity contribution in [3.63, 3.8) is 0 Å². The highest BCUT2D eigenvalue weighted by molar-refractivity contribution is 5.76. The molecule has 2 aromatic carbocycles. The van der Waals surface area contributed by atoms with Crippen LogP contribution in [0.5, 0.6) is 5.75 Å². The van der Waals surface area contributed by atoms with Gasteiger partial charge >= 0.3 is 0 Å². The number of nitrogens with one attached hydrogen (secondary N) is 1. The molecule has 140 valence electrons. The second-order valence-corrected chi connectivity index (χ2v) is 6.44. The quantitative estimate of drug-likeness (QED) is 0.692. The van der Waals surface area contributed by atoms with E-state index in [1.807, 2.05) is 24.3 Å². The standard InChI is InChI=1S/C21H23N3O3/c1-14-4-5-16(12-15(14)2)6-11-19(25)22-13-20-23-21(24-27-20)17-7-9-18(26-3)10-8-17/h4-5,7-10,12H,6,11,13H2,1-3H3,(H,22,25). The van der Waals surface area contributed by atoms with Gasteiger partial charge in [0.15, 0.2) is 0 Å². The van der Waals surface area contributed by atoms with Gasteiger partial charge in [0.25, 0.3) is 0 Å². The van der Waals surface area contributed by atoms with Crippen molar-refractivity contribution in [3.8, 4) is 17.1 Å². The first-order valence-electron chi connectivity index (χ1n) is 8.85. The molecule has 0 saturated carbocycles. The second-order valence-electron chi connectivity index (χ2n) is 6.44. The number of nitrogens with zero attached hydrogens (tertiary/aromatic N) is 2. The van der Waals surface area contributed by atoms with E-state index < -0.39 is 0 Å². The molecule has 3 aromatic rings. The van der Waals surface area contributed by atoms with E-state index in [4.69, 9.17) is 9.26 Å². The fourth-order valence-corrected chi connectivity index (χ4v) is 2.66. The molecular formula is C21H23N3O3. The fourth-order valence-electron chi connectivity index (χ4n) is 2.66. The van der Waals surface area contributed by atoms with Gasteiger partial charge in [-0.1, -0.05) is 23.4 Å². The number of methoxy groups -OCH3 is 1. The number of aromatic nitrogens is 2. The highest BCUT2D eigenvalue weighted by atomic mass is 16.5. The van der Waals surface area contributed by atoms with Crippen LogP contribution in [0.25, 0.3) is 11.4 Å². The third kappa shape index (κ3) is 4.94. The van der Waals surface area contributed by atoms with Crippen LogP contribution in [0.15, 0.2) is 47.0 Å². The minimum Gasteiger partial charge on any atom is -0.497 e. The van der Waals surface area contributed by atoms with Crippen molar-refractivity contribution in [2.24, 2.45) is 0 Å². The van der Waals surface area contributed by atoms with Crippen molar-refractivity contribution in [2.75, 3.05) is 7.11 Å². The lowest BCUT2D eigenvalue weighted by Gasteiger charge is -2.05. The molecule has 0 saturated heterocycles. The first-order valence-corrected chi connectivity index (χ1v) is 8.85. The number of amides is 1. The molecule has 0 bridgehead atoms. The zero-order valence-electron chi connectivity index (χ0n) is 15.8. The van der Waals surface area contributed by atoms with Gasteiger partial charge < -0.3 is 14.6 Å². The molecule has 3 rings (SSSR count). The molecule has 0 fully saturated rings. The van der Waals surface area contributed by atoms with Crippen molar-refractivity contribution in [1.82, 2.24) is 15.5 Å². The summed E-state index contributed by atoms with van der Waals surface area (Å²) in [6.45, 7) is 4.38. The summed E-state index contributed by atoms with van der Waals surface area (Å²) < 4.78 is 10.3. The molecule has 0 aliphatic carbocycles. The molecule has 1 heterocycles. The Morgan fingerprint density at radius 3 is 2.59 bits per heavy atom. The molecule has 6 nitrogen and oxygen atoms in total. The Kier molecular flexibility index (Phi) is 5.86. The summed E-state index contributed by atoms with van der Waals surface area (Å²) in [5, 5.41) is 6.78. The van der Waals surface area contributed by atoms with Gasteiger partial charge in [-0.2, -0.15) is 4.98 Å². The van der Waals surface area contributed by atoms with E-state index in [0.29, 0.717) is 24.6 Å². The molecule has 0 aliphatic rings. The van der Waals surface area contributed by atoms with Crippen LogP contribution in [-0.2, 0) is 17.8 Å². The van der Waals surface area contributed by atoms with Gasteiger partial charge in [0.2, 0.25) is 17.6 Å². The van der Waals surface area contributed by atoms with Gasteiger partial charge in [0.05, 0.1) is 13.7 Å². The summed E-state index contributed by atoms with van der Waals surface area (Å²) in [4.78, 5) is 16.4. The average Bonchev–Trinajstić information content (AvgIpc) is 3.16. The predicted octanol–water partition coefficient (Wildman–Crippen LogP) is 3.61. The summed E-state index contributed by atoms with van der Waals surface area (Å²) in [6, 6.07) is 13.7. The van der Waals surface area contributed by atoms with E-state index in [9.17, 15) is 4.79 Å². The second kappa shape index (κ2) is 8.49. The Balaban J connectivity index is 1.50. The number of hydrogen-bond acceptors (Lipinski definition) is 5. The topological polar surface area (TPSA) is 77.3 Å². The molecule has 0 spiro atoms. The number of aryl methyl sites for hydroxylation is 3. The number of carbonyl (C=O) groups is 1. The van der Waals surface area contributed by atoms with Crippen LogP contribution in [0.4, 0.5) is 0 Å². The molecule has 0 radical (unpaired) electrons. The number of hydrogen-bond donors (Lipinski definition) is 1. The Labute approximate surface area is 158 Å². The van der Waals surface area contributed by atoms with E-state index in [1.165, 1.54) is 11.1 Å². The molecule has 1 N–H and O–H groups in total. The van der Waals surface area contributed by atoms with Gasteiger partial charge in [0, 0.05) is 12.0 Å². The molecule has 1 amide bonds. The summed E-state index contributed by atoms with van der Waals surface area (Å²) in [7, 11) is 1.62. The SMILES string of the molecule is COc1ccc(-c2noc(CNC(=O)CCc3ccc(C)c(C)c3)n2)cc1. The number of rotatable bonds is 7. The molecule has 6 heteroatoms. The monoisotopic (exact) mass is 365 g/mol. The molecule has 0 unspecified atom stereocenters. The fraction of sp³-hybridized carbons (Fsp3) is 0.286. The predicted molar refractivity (Wildman–Crippen MR) is 102 cm³/mol. The van der Waals surface area contributed by atoms with E-state index >= 15 is 0 Å². The van der Waals surface area contributed by atoms with Crippen molar-refractivity contribution >= 4 is 5.91 Å². The van der Waals surface area contributed by atoms with Crippen molar-refractivity contribution in [3.05, 3.63) is 65.0 Å². The highest BCUT2D eigenvalue weighted by Gasteiger charge is 2.10. The molecule has 27 heavy (non-hydrogen) atoms. The first kappa shape index (κ1) is 18.6. The normalized spacial score (nSPS) is 10.6. The zero-order chi connectivity index (χ0) is 19.2. The van der Waals surface area contributed by atoms with Gasteiger partial charge in [-0.15, -0.1) is 0 Å². The lowest BCUT2D eigenvalue weighted by molar-refractivity contribution is -0.121. The number of ether oxygens (including phenoxy) is 1. The van der Waals surface area contributed by atoms with Gasteiger partial charge in [0.1, 0.15) is 5.75 Å². The lowest BCUT2D eigenvalue weighted by atomic mass is 10.0. The van der Waals surface area contributed by atoms with Crippen LogP contribution in [-0.4, -0.2) is 23.2 Å². The van der Waals surface area contributed by atoms with Gasteiger partial charge in [-0.05, 0) is 61.2 Å². The largest absolute Gasteiger partial charge is 0.497 e. The van der Waals surface area contributed by atoms with Crippen molar-refractivity contribution in [1.29, 1.82) is 0 Å². The van der Waals surface area contributed by atoms with Crippen LogP contribution >= 0.6 is 0 Å². The Morgan fingerprint density at radius 2 is 1.89 bits per heavy atom. The minimum atomic E-state index is -0.0441. The summed E-state index contributed by atoms with van der Waals surface area (Å²) >= 11 is 0. The van der Waals surface area contributed by atoms with Crippen LogP contribution in [0, 0.1) is 13.8 Å². The number of carbonyl (C=O) groups excluding carboxylic acids is 1. The first-order chi connectivity index (χ1) is 13.0. The van der Waals surface area contributed by atoms with Crippen LogP contribution in [0.3, 0.4) is 0 Å². The molecule has 1 aromatic heterocycles. The van der Waals surface area contributed by atoms with Gasteiger partial charge in [-0.25, -0.2) is 0 Å². The van der Waals surface area contributed by atoms with Crippen LogP contribution in [0.1, 0.15) is 29.0 Å². The maximum Gasteiger partial charge on any atom is 0.246 e. The summed E-state index contributed by atoms with van der Waals surface area (Å²) in [6.07, 6.45) is 1.12. The smallest absolute Gasteiger partial charge is 0.246 e.